The van der Waals surface area contributed by atoms with Gasteiger partial charge in [-0.2, -0.15) is 15.3 Å². The molecule has 10 nitrogen and oxygen atoms in total. The lowest BCUT2D eigenvalue weighted by atomic mass is 9.96. The first-order valence-corrected chi connectivity index (χ1v) is 9.59. The van der Waals surface area contributed by atoms with Crippen LogP contribution >= 0.6 is 0 Å². The summed E-state index contributed by atoms with van der Waals surface area (Å²) < 4.78 is 6.91. The first kappa shape index (κ1) is 18.8. The first-order valence-electron chi connectivity index (χ1n) is 9.59. The van der Waals surface area contributed by atoms with Crippen LogP contribution in [-0.2, 0) is 17.8 Å². The highest BCUT2D eigenvalue weighted by Crippen LogP contribution is 2.30. The van der Waals surface area contributed by atoms with Crippen molar-refractivity contribution >= 4 is 5.78 Å². The number of ether oxygens (including phenoxy) is 1. The summed E-state index contributed by atoms with van der Waals surface area (Å²) in [5.41, 5.74) is 4.98. The molecule has 5 rings (SSSR count). The predicted octanol–water partition coefficient (Wildman–Crippen LogP) is 2.00. The van der Waals surface area contributed by atoms with Gasteiger partial charge in [0.2, 0.25) is 11.6 Å². The molecule has 3 aromatic heterocycles. The zero-order valence-electron chi connectivity index (χ0n) is 16.6. The number of hydrogen-bond acceptors (Lipinski definition) is 7. The largest absolute Gasteiger partial charge is 0.378 e. The minimum absolute atomic E-state index is 0.195. The number of tetrazole rings is 1. The molecule has 10 heteroatoms. The maximum Gasteiger partial charge on any atom is 0.256 e. The van der Waals surface area contributed by atoms with Gasteiger partial charge in [-0.05, 0) is 21.9 Å². The molecular weight excluding hydrogens is 396 g/mol. The maximum absolute atomic E-state index is 12.7. The van der Waals surface area contributed by atoms with Crippen molar-refractivity contribution < 1.29 is 4.74 Å². The molecule has 0 saturated carbocycles. The summed E-state index contributed by atoms with van der Waals surface area (Å²) in [6, 6.07) is 15.9. The second-order valence-electron chi connectivity index (χ2n) is 6.96. The average molecular weight is 414 g/mol. The number of rotatable bonds is 6. The smallest absolute Gasteiger partial charge is 0.256 e. The Morgan fingerprint density at radius 1 is 1.06 bits per heavy atom. The van der Waals surface area contributed by atoms with E-state index in [0.29, 0.717) is 29.3 Å². The van der Waals surface area contributed by atoms with Gasteiger partial charge >= 0.3 is 0 Å². The molecule has 5 aromatic rings. The van der Waals surface area contributed by atoms with E-state index >= 15 is 0 Å². The van der Waals surface area contributed by atoms with Crippen molar-refractivity contribution in [3.05, 3.63) is 82.0 Å². The van der Waals surface area contributed by atoms with Crippen LogP contribution in [0, 0.1) is 0 Å². The van der Waals surface area contributed by atoms with Gasteiger partial charge in [-0.15, -0.1) is 10.2 Å². The van der Waals surface area contributed by atoms with Crippen LogP contribution < -0.4 is 5.56 Å². The number of methoxy groups -OCH3 is 1. The number of H-pyrrole nitrogens is 2. The molecule has 0 radical (unpaired) electrons. The zero-order valence-corrected chi connectivity index (χ0v) is 16.6. The maximum atomic E-state index is 12.7. The Morgan fingerprint density at radius 2 is 1.87 bits per heavy atom. The van der Waals surface area contributed by atoms with Crippen molar-refractivity contribution in [1.82, 2.24) is 40.2 Å². The van der Waals surface area contributed by atoms with Crippen molar-refractivity contribution in [2.24, 2.45) is 0 Å². The summed E-state index contributed by atoms with van der Waals surface area (Å²) in [7, 11) is 1.59. The van der Waals surface area contributed by atoms with Crippen LogP contribution in [0.2, 0.25) is 0 Å². The molecule has 0 fully saturated rings. The Labute approximate surface area is 175 Å². The number of nitrogens with one attached hydrogen (secondary N) is 2. The third-order valence-corrected chi connectivity index (χ3v) is 5.09. The summed E-state index contributed by atoms with van der Waals surface area (Å²) in [5, 5.41) is 18.5. The first-order chi connectivity index (χ1) is 15.2. The van der Waals surface area contributed by atoms with Crippen molar-refractivity contribution in [2.45, 2.75) is 13.0 Å². The lowest BCUT2D eigenvalue weighted by Crippen LogP contribution is -2.21. The number of aromatic amines is 2. The van der Waals surface area contributed by atoms with E-state index in [1.165, 1.54) is 6.33 Å². The second kappa shape index (κ2) is 7.92. The SMILES string of the molecule is COCc1c(Cc2ccc(-c3ccccc3-c3nn[nH]n3)cc2)c(=O)[nH]c2ncnn12. The summed E-state index contributed by atoms with van der Waals surface area (Å²) in [6.45, 7) is 0.259. The lowest BCUT2D eigenvalue weighted by Gasteiger charge is -2.11. The normalized spacial score (nSPS) is 11.3. The minimum atomic E-state index is -0.195. The molecule has 0 atom stereocenters. The summed E-state index contributed by atoms with van der Waals surface area (Å²) in [6.07, 6.45) is 1.85. The Morgan fingerprint density at radius 3 is 2.61 bits per heavy atom. The van der Waals surface area contributed by atoms with Crippen molar-refractivity contribution in [2.75, 3.05) is 7.11 Å². The molecule has 0 unspecified atom stereocenters. The van der Waals surface area contributed by atoms with Crippen LogP contribution in [0.5, 0.6) is 0 Å². The predicted molar refractivity (Wildman–Crippen MR) is 112 cm³/mol. The second-order valence-corrected chi connectivity index (χ2v) is 6.96. The van der Waals surface area contributed by atoms with E-state index in [2.05, 4.69) is 35.7 Å². The molecule has 0 spiro atoms. The fraction of sp³-hybridized carbons (Fsp3) is 0.143. The van der Waals surface area contributed by atoms with Gasteiger partial charge in [0.15, 0.2) is 0 Å². The van der Waals surface area contributed by atoms with E-state index < -0.39 is 0 Å². The van der Waals surface area contributed by atoms with Crippen LogP contribution in [0.15, 0.2) is 59.7 Å². The highest BCUT2D eigenvalue weighted by Gasteiger charge is 2.15. The lowest BCUT2D eigenvalue weighted by molar-refractivity contribution is 0.178. The summed E-state index contributed by atoms with van der Waals surface area (Å²) >= 11 is 0. The van der Waals surface area contributed by atoms with Crippen LogP contribution in [0.4, 0.5) is 0 Å². The van der Waals surface area contributed by atoms with Gasteiger partial charge < -0.3 is 4.74 Å². The fourth-order valence-corrected chi connectivity index (χ4v) is 3.64. The molecule has 3 heterocycles. The molecule has 0 amide bonds. The molecule has 0 aliphatic carbocycles. The molecule has 0 aliphatic heterocycles. The van der Waals surface area contributed by atoms with Crippen molar-refractivity contribution in [3.63, 3.8) is 0 Å². The van der Waals surface area contributed by atoms with E-state index in [4.69, 9.17) is 4.74 Å². The van der Waals surface area contributed by atoms with Gasteiger partial charge in [0, 0.05) is 24.7 Å². The molecule has 0 aliphatic rings. The number of benzene rings is 2. The fourth-order valence-electron chi connectivity index (χ4n) is 3.64. The molecule has 2 aromatic carbocycles. The highest BCUT2D eigenvalue weighted by molar-refractivity contribution is 5.80. The topological polar surface area (TPSA) is 127 Å². The molecule has 0 saturated heterocycles. The summed E-state index contributed by atoms with van der Waals surface area (Å²) in [5.74, 6) is 0.936. The molecule has 0 bridgehead atoms. The zero-order chi connectivity index (χ0) is 21.2. The number of nitrogens with zero attached hydrogens (tertiary/aromatic N) is 6. The third kappa shape index (κ3) is 3.49. The Kier molecular flexibility index (Phi) is 4.81. The third-order valence-electron chi connectivity index (χ3n) is 5.09. The van der Waals surface area contributed by atoms with Gasteiger partial charge in [-0.25, -0.2) is 4.52 Å². The molecule has 31 heavy (non-hydrogen) atoms. The number of hydrogen-bond donors (Lipinski definition) is 2. The van der Waals surface area contributed by atoms with Crippen LogP contribution in [0.25, 0.3) is 28.3 Å². The van der Waals surface area contributed by atoms with Crippen LogP contribution in [0.1, 0.15) is 16.8 Å². The number of aromatic nitrogens is 8. The van der Waals surface area contributed by atoms with Gasteiger partial charge in [0.1, 0.15) is 6.33 Å². The van der Waals surface area contributed by atoms with E-state index in [1.54, 1.807) is 11.6 Å². The van der Waals surface area contributed by atoms with Gasteiger partial charge in [0.25, 0.3) is 5.56 Å². The molecular formula is C21H18N8O2. The Bertz CT molecular complexity index is 1390. The van der Waals surface area contributed by atoms with Crippen molar-refractivity contribution in [1.29, 1.82) is 0 Å². The Hall–Kier alpha value is -4.18. The Balaban J connectivity index is 1.50. The average Bonchev–Trinajstić information content (AvgIpc) is 3.49. The van der Waals surface area contributed by atoms with E-state index in [-0.39, 0.29) is 12.2 Å². The highest BCUT2D eigenvalue weighted by atomic mass is 16.5. The summed E-state index contributed by atoms with van der Waals surface area (Å²) in [4.78, 5) is 19.5. The molecule has 154 valence electrons. The molecule has 2 N–H and O–H groups in total. The van der Waals surface area contributed by atoms with Gasteiger partial charge in [-0.3, -0.25) is 9.78 Å². The van der Waals surface area contributed by atoms with Crippen LogP contribution in [0.3, 0.4) is 0 Å². The van der Waals surface area contributed by atoms with E-state index in [1.807, 2.05) is 48.5 Å². The van der Waals surface area contributed by atoms with Gasteiger partial charge in [-0.1, -0.05) is 48.5 Å². The minimum Gasteiger partial charge on any atom is -0.378 e. The standard InChI is InChI=1S/C21H18N8O2/c1-31-11-18-17(20(30)24-21-22-12-23-29(18)21)10-13-6-8-14(9-7-13)15-4-2-3-5-16(15)19-25-27-28-26-19/h2-9,12H,10-11H2,1H3,(H,22,23,24,30)(H,25,26,27,28). The van der Waals surface area contributed by atoms with E-state index in [0.717, 1.165) is 22.3 Å². The van der Waals surface area contributed by atoms with Crippen LogP contribution in [-0.4, -0.2) is 47.3 Å². The van der Waals surface area contributed by atoms with E-state index in [9.17, 15) is 4.79 Å². The number of fused-ring (bicyclic) bond motifs is 1. The monoisotopic (exact) mass is 414 g/mol. The van der Waals surface area contributed by atoms with Crippen molar-refractivity contribution in [3.8, 4) is 22.5 Å². The quantitative estimate of drug-likeness (QED) is 0.435. The van der Waals surface area contributed by atoms with Gasteiger partial charge in [0.05, 0.1) is 12.3 Å².